The Bertz CT molecular complexity index is 264. The Balaban J connectivity index is 2.44. The van der Waals surface area contributed by atoms with E-state index in [1.165, 1.54) is 5.56 Å². The van der Waals surface area contributed by atoms with E-state index in [0.29, 0.717) is 0 Å². The van der Waals surface area contributed by atoms with E-state index < -0.39 is 0 Å². The van der Waals surface area contributed by atoms with Gasteiger partial charge in [-0.2, -0.15) is 0 Å². The van der Waals surface area contributed by atoms with E-state index in [1.807, 2.05) is 19.2 Å². The summed E-state index contributed by atoms with van der Waals surface area (Å²) in [7, 11) is 1.96. The van der Waals surface area contributed by atoms with Gasteiger partial charge in [-0.05, 0) is 37.7 Å². The molecule has 13 heavy (non-hydrogen) atoms. The molecule has 0 aromatic heterocycles. The van der Waals surface area contributed by atoms with Crippen LogP contribution in [-0.2, 0) is 0 Å². The van der Waals surface area contributed by atoms with Gasteiger partial charge < -0.3 is 5.32 Å². The number of thiol groups is 1. The van der Waals surface area contributed by atoms with E-state index >= 15 is 0 Å². The van der Waals surface area contributed by atoms with Gasteiger partial charge >= 0.3 is 0 Å². The minimum absolute atomic E-state index is 1.01. The highest BCUT2D eigenvalue weighted by atomic mass is 32.1. The first-order valence-corrected chi connectivity index (χ1v) is 4.88. The molecule has 0 atom stereocenters. The molecule has 0 aliphatic heterocycles. The van der Waals surface area contributed by atoms with E-state index in [9.17, 15) is 0 Å². The van der Waals surface area contributed by atoms with Crippen molar-refractivity contribution in [2.75, 3.05) is 13.6 Å². The lowest BCUT2D eigenvalue weighted by Crippen LogP contribution is -2.05. The molecule has 0 saturated heterocycles. The minimum atomic E-state index is 1.01. The average Bonchev–Trinajstić information content (AvgIpc) is 2.15. The van der Waals surface area contributed by atoms with Gasteiger partial charge in [0.15, 0.2) is 0 Å². The third kappa shape index (κ3) is 4.15. The smallest absolute Gasteiger partial charge is 0.00403 e. The predicted octanol–water partition coefficient (Wildman–Crippen LogP) is 2.60. The van der Waals surface area contributed by atoms with E-state index in [2.05, 4.69) is 42.2 Å². The molecule has 0 heterocycles. The van der Waals surface area contributed by atoms with Crippen LogP contribution in [-0.4, -0.2) is 13.6 Å². The van der Waals surface area contributed by atoms with Gasteiger partial charge in [-0.3, -0.25) is 0 Å². The van der Waals surface area contributed by atoms with Crippen LogP contribution in [0.1, 0.15) is 12.0 Å². The van der Waals surface area contributed by atoms with Crippen molar-refractivity contribution in [2.45, 2.75) is 11.3 Å². The fraction of sp³-hybridized carbons (Fsp3) is 0.273. The van der Waals surface area contributed by atoms with Crippen LogP contribution in [0.3, 0.4) is 0 Å². The van der Waals surface area contributed by atoms with Crippen LogP contribution in [0.4, 0.5) is 0 Å². The lowest BCUT2D eigenvalue weighted by Gasteiger charge is -1.94. The van der Waals surface area contributed by atoms with E-state index in [1.54, 1.807) is 0 Å². The van der Waals surface area contributed by atoms with E-state index in [0.717, 1.165) is 17.9 Å². The van der Waals surface area contributed by atoms with Crippen LogP contribution in [0, 0.1) is 0 Å². The van der Waals surface area contributed by atoms with Crippen molar-refractivity contribution in [1.29, 1.82) is 0 Å². The summed E-state index contributed by atoms with van der Waals surface area (Å²) >= 11 is 4.22. The SMILES string of the molecule is CNCCC=Cc1ccc(S)cc1. The second-order valence-corrected chi connectivity index (χ2v) is 3.40. The second kappa shape index (κ2) is 5.84. The lowest BCUT2D eigenvalue weighted by atomic mass is 10.2. The summed E-state index contributed by atoms with van der Waals surface area (Å²) < 4.78 is 0. The third-order valence-corrected chi connectivity index (χ3v) is 2.06. The quantitative estimate of drug-likeness (QED) is 0.553. The highest BCUT2D eigenvalue weighted by Gasteiger charge is 1.85. The molecule has 1 aromatic carbocycles. The summed E-state index contributed by atoms with van der Waals surface area (Å²) in [5, 5.41) is 3.10. The van der Waals surface area contributed by atoms with Crippen molar-refractivity contribution in [3.8, 4) is 0 Å². The van der Waals surface area contributed by atoms with E-state index in [4.69, 9.17) is 0 Å². The molecule has 0 spiro atoms. The Morgan fingerprint density at radius 1 is 1.31 bits per heavy atom. The van der Waals surface area contributed by atoms with Crippen LogP contribution in [0.2, 0.25) is 0 Å². The Labute approximate surface area is 85.3 Å². The second-order valence-electron chi connectivity index (χ2n) is 2.89. The number of benzene rings is 1. The van der Waals surface area contributed by atoms with Crippen molar-refractivity contribution in [3.63, 3.8) is 0 Å². The summed E-state index contributed by atoms with van der Waals surface area (Å²) in [6, 6.07) is 8.14. The Hall–Kier alpha value is -0.730. The molecule has 1 N–H and O–H groups in total. The molecule has 0 aliphatic rings. The summed E-state index contributed by atoms with van der Waals surface area (Å²) in [5.41, 5.74) is 1.23. The topological polar surface area (TPSA) is 12.0 Å². The average molecular weight is 193 g/mol. The summed E-state index contributed by atoms with van der Waals surface area (Å²) in [6.07, 6.45) is 5.37. The van der Waals surface area contributed by atoms with Gasteiger partial charge in [0.25, 0.3) is 0 Å². The van der Waals surface area contributed by atoms with Crippen molar-refractivity contribution < 1.29 is 0 Å². The highest BCUT2D eigenvalue weighted by molar-refractivity contribution is 7.80. The van der Waals surface area contributed by atoms with Crippen molar-refractivity contribution in [1.82, 2.24) is 5.32 Å². The molecule has 0 fully saturated rings. The van der Waals surface area contributed by atoms with Gasteiger partial charge in [0.2, 0.25) is 0 Å². The van der Waals surface area contributed by atoms with E-state index in [-0.39, 0.29) is 0 Å². The molecular weight excluding hydrogens is 178 g/mol. The Morgan fingerprint density at radius 3 is 2.62 bits per heavy atom. The summed E-state index contributed by atoms with van der Waals surface area (Å²) in [5.74, 6) is 0. The molecule has 0 saturated carbocycles. The molecule has 0 amide bonds. The van der Waals surface area contributed by atoms with Crippen LogP contribution in [0.25, 0.3) is 6.08 Å². The normalized spacial score (nSPS) is 10.9. The first-order valence-electron chi connectivity index (χ1n) is 4.43. The van der Waals surface area contributed by atoms with Crippen molar-refractivity contribution in [3.05, 3.63) is 35.9 Å². The number of rotatable bonds is 4. The van der Waals surface area contributed by atoms with Crippen molar-refractivity contribution >= 4 is 18.7 Å². The predicted molar refractivity (Wildman–Crippen MR) is 61.3 cm³/mol. The standard InChI is InChI=1S/C11H15NS/c1-12-9-3-2-4-10-5-7-11(13)8-6-10/h2,4-8,12-13H,3,9H2,1H3. The maximum Gasteiger partial charge on any atom is 0.00403 e. The number of hydrogen-bond acceptors (Lipinski definition) is 2. The molecular formula is C11H15NS. The van der Waals surface area contributed by atoms with Gasteiger partial charge in [0.1, 0.15) is 0 Å². The fourth-order valence-corrected chi connectivity index (χ4v) is 1.18. The highest BCUT2D eigenvalue weighted by Crippen LogP contribution is 2.08. The van der Waals surface area contributed by atoms with Crippen molar-refractivity contribution in [2.24, 2.45) is 0 Å². The van der Waals surface area contributed by atoms with Gasteiger partial charge in [-0.15, -0.1) is 12.6 Å². The first-order chi connectivity index (χ1) is 6.33. The summed E-state index contributed by atoms with van der Waals surface area (Å²) in [6.45, 7) is 1.03. The molecule has 0 unspecified atom stereocenters. The monoisotopic (exact) mass is 193 g/mol. The molecule has 1 rings (SSSR count). The maximum absolute atomic E-state index is 4.22. The lowest BCUT2D eigenvalue weighted by molar-refractivity contribution is 0.809. The zero-order valence-electron chi connectivity index (χ0n) is 7.83. The Kier molecular flexibility index (Phi) is 4.65. The van der Waals surface area contributed by atoms with Gasteiger partial charge in [0.05, 0.1) is 0 Å². The molecule has 1 aromatic rings. The van der Waals surface area contributed by atoms with Crippen LogP contribution in [0.5, 0.6) is 0 Å². The summed E-state index contributed by atoms with van der Waals surface area (Å²) in [4.78, 5) is 1.01. The first kappa shape index (κ1) is 10.4. The van der Waals surface area contributed by atoms with Crippen LogP contribution >= 0.6 is 12.6 Å². The zero-order valence-corrected chi connectivity index (χ0v) is 8.72. The molecule has 0 aliphatic carbocycles. The van der Waals surface area contributed by atoms with Crippen LogP contribution in [0.15, 0.2) is 35.2 Å². The third-order valence-electron chi connectivity index (χ3n) is 1.76. The minimum Gasteiger partial charge on any atom is -0.319 e. The van der Waals surface area contributed by atoms with Gasteiger partial charge in [-0.25, -0.2) is 0 Å². The Morgan fingerprint density at radius 2 is 2.00 bits per heavy atom. The largest absolute Gasteiger partial charge is 0.319 e. The molecule has 2 heteroatoms. The molecule has 1 nitrogen and oxygen atoms in total. The molecule has 70 valence electrons. The zero-order chi connectivity index (χ0) is 9.52. The fourth-order valence-electron chi connectivity index (χ4n) is 1.03. The molecule has 0 radical (unpaired) electrons. The van der Waals surface area contributed by atoms with Gasteiger partial charge in [-0.1, -0.05) is 24.3 Å². The maximum atomic E-state index is 4.22. The number of nitrogens with one attached hydrogen (secondary N) is 1. The molecule has 0 bridgehead atoms. The van der Waals surface area contributed by atoms with Gasteiger partial charge in [0, 0.05) is 4.90 Å². The number of hydrogen-bond donors (Lipinski definition) is 2. The van der Waals surface area contributed by atoms with Crippen LogP contribution < -0.4 is 5.32 Å².